The fraction of sp³-hybridized carbons (Fsp3) is 0.462. The van der Waals surface area contributed by atoms with Crippen LogP contribution in [0.25, 0.3) is 0 Å². The summed E-state index contributed by atoms with van der Waals surface area (Å²) >= 11 is 6.86. The van der Waals surface area contributed by atoms with Gasteiger partial charge in [0.15, 0.2) is 0 Å². The molecule has 1 aromatic carbocycles. The lowest BCUT2D eigenvalue weighted by Crippen LogP contribution is -2.26. The van der Waals surface area contributed by atoms with E-state index < -0.39 is 0 Å². The Morgan fingerprint density at radius 1 is 1.35 bits per heavy atom. The summed E-state index contributed by atoms with van der Waals surface area (Å²) < 4.78 is 1.04. The maximum atomic E-state index is 11.6. The number of rotatable bonds is 6. The van der Waals surface area contributed by atoms with Crippen LogP contribution in [0.3, 0.4) is 0 Å². The normalized spacial score (nSPS) is 12.2. The first-order valence-electron chi connectivity index (χ1n) is 5.73. The van der Waals surface area contributed by atoms with Crippen molar-refractivity contribution in [1.82, 2.24) is 5.32 Å². The molecule has 0 spiro atoms. The standard InChI is InChI=1S/C13H17Br2NO/c1-10(14)3-2-8-16-13(17)9-11-4-6-12(15)7-5-11/h4-7,10H,2-3,8-9H2,1H3,(H,16,17). The Hall–Kier alpha value is -0.350. The molecule has 2 nitrogen and oxygen atoms in total. The van der Waals surface area contributed by atoms with Crippen molar-refractivity contribution in [3.63, 3.8) is 0 Å². The molecule has 1 unspecified atom stereocenters. The second kappa shape index (κ2) is 7.88. The van der Waals surface area contributed by atoms with Gasteiger partial charge in [0.25, 0.3) is 0 Å². The van der Waals surface area contributed by atoms with Crippen LogP contribution >= 0.6 is 31.9 Å². The molecular weight excluding hydrogens is 346 g/mol. The van der Waals surface area contributed by atoms with Gasteiger partial charge < -0.3 is 5.32 Å². The molecule has 0 saturated carbocycles. The molecule has 0 aliphatic rings. The molecule has 1 atom stereocenters. The van der Waals surface area contributed by atoms with Gasteiger partial charge in [0.2, 0.25) is 5.91 Å². The zero-order valence-electron chi connectivity index (χ0n) is 9.88. The van der Waals surface area contributed by atoms with E-state index in [1.807, 2.05) is 24.3 Å². The first-order chi connectivity index (χ1) is 8.08. The highest BCUT2D eigenvalue weighted by Crippen LogP contribution is 2.10. The fourth-order valence-electron chi connectivity index (χ4n) is 1.46. The minimum absolute atomic E-state index is 0.0922. The third kappa shape index (κ3) is 6.84. The van der Waals surface area contributed by atoms with Gasteiger partial charge in [0.1, 0.15) is 0 Å². The van der Waals surface area contributed by atoms with E-state index in [2.05, 4.69) is 44.1 Å². The zero-order chi connectivity index (χ0) is 12.7. The smallest absolute Gasteiger partial charge is 0.224 e. The lowest BCUT2D eigenvalue weighted by atomic mass is 10.1. The molecule has 1 amide bonds. The highest BCUT2D eigenvalue weighted by Gasteiger charge is 2.03. The van der Waals surface area contributed by atoms with Gasteiger partial charge in [0.05, 0.1) is 6.42 Å². The highest BCUT2D eigenvalue weighted by molar-refractivity contribution is 9.10. The van der Waals surface area contributed by atoms with Crippen molar-refractivity contribution in [1.29, 1.82) is 0 Å². The van der Waals surface area contributed by atoms with Crippen LogP contribution in [0.15, 0.2) is 28.7 Å². The molecule has 0 radical (unpaired) electrons. The van der Waals surface area contributed by atoms with Gasteiger partial charge in [-0.05, 0) is 30.5 Å². The van der Waals surface area contributed by atoms with E-state index in [-0.39, 0.29) is 5.91 Å². The molecule has 1 rings (SSSR count). The predicted molar refractivity (Wildman–Crippen MR) is 78.5 cm³/mol. The second-order valence-corrected chi connectivity index (χ2v) is 6.56. The number of amides is 1. The molecule has 0 bridgehead atoms. The molecule has 0 saturated heterocycles. The van der Waals surface area contributed by atoms with Crippen molar-refractivity contribution in [2.75, 3.05) is 6.54 Å². The van der Waals surface area contributed by atoms with E-state index in [1.54, 1.807) is 0 Å². The lowest BCUT2D eigenvalue weighted by molar-refractivity contribution is -0.120. The quantitative estimate of drug-likeness (QED) is 0.607. The van der Waals surface area contributed by atoms with E-state index in [9.17, 15) is 4.79 Å². The van der Waals surface area contributed by atoms with E-state index >= 15 is 0 Å². The third-order valence-corrected chi connectivity index (χ3v) is 3.37. The van der Waals surface area contributed by atoms with Crippen LogP contribution in [0.1, 0.15) is 25.3 Å². The van der Waals surface area contributed by atoms with Crippen molar-refractivity contribution in [2.45, 2.75) is 31.0 Å². The number of benzene rings is 1. The average Bonchev–Trinajstić information content (AvgIpc) is 2.27. The number of hydrogen-bond acceptors (Lipinski definition) is 1. The summed E-state index contributed by atoms with van der Waals surface area (Å²) in [4.78, 5) is 12.1. The predicted octanol–water partition coefficient (Wildman–Crippen LogP) is 3.67. The third-order valence-electron chi connectivity index (χ3n) is 2.38. The summed E-state index contributed by atoms with van der Waals surface area (Å²) in [5.41, 5.74) is 1.04. The van der Waals surface area contributed by atoms with Gasteiger partial charge >= 0.3 is 0 Å². The number of hydrogen-bond donors (Lipinski definition) is 1. The van der Waals surface area contributed by atoms with Crippen molar-refractivity contribution in [3.8, 4) is 0 Å². The Bertz CT molecular complexity index is 349. The van der Waals surface area contributed by atoms with Gasteiger partial charge in [-0.25, -0.2) is 0 Å². The minimum atomic E-state index is 0.0922. The van der Waals surface area contributed by atoms with Crippen molar-refractivity contribution in [2.24, 2.45) is 0 Å². The van der Waals surface area contributed by atoms with Crippen LogP contribution in [0.5, 0.6) is 0 Å². The lowest BCUT2D eigenvalue weighted by Gasteiger charge is -2.06. The Morgan fingerprint density at radius 2 is 2.00 bits per heavy atom. The van der Waals surface area contributed by atoms with Gasteiger partial charge in [-0.3, -0.25) is 4.79 Å². The Balaban J connectivity index is 2.23. The molecule has 4 heteroatoms. The monoisotopic (exact) mass is 361 g/mol. The topological polar surface area (TPSA) is 29.1 Å². The molecule has 0 heterocycles. The van der Waals surface area contributed by atoms with E-state index in [1.165, 1.54) is 0 Å². The molecule has 0 aromatic heterocycles. The van der Waals surface area contributed by atoms with E-state index in [0.717, 1.165) is 29.4 Å². The number of carbonyl (C=O) groups excluding carboxylic acids is 1. The maximum absolute atomic E-state index is 11.6. The summed E-state index contributed by atoms with van der Waals surface area (Å²) in [5.74, 6) is 0.0922. The molecule has 94 valence electrons. The summed E-state index contributed by atoms with van der Waals surface area (Å²) in [5, 5.41) is 2.93. The van der Waals surface area contributed by atoms with Crippen LogP contribution < -0.4 is 5.32 Å². The maximum Gasteiger partial charge on any atom is 0.224 e. The molecule has 1 N–H and O–H groups in total. The Labute approximate surface area is 119 Å². The fourth-order valence-corrected chi connectivity index (χ4v) is 2.05. The van der Waals surface area contributed by atoms with Crippen LogP contribution in [0, 0.1) is 0 Å². The van der Waals surface area contributed by atoms with E-state index in [4.69, 9.17) is 0 Å². The molecule has 17 heavy (non-hydrogen) atoms. The molecule has 0 aliphatic carbocycles. The summed E-state index contributed by atoms with van der Waals surface area (Å²) in [6.07, 6.45) is 2.55. The summed E-state index contributed by atoms with van der Waals surface area (Å²) in [6, 6.07) is 7.83. The first-order valence-corrected chi connectivity index (χ1v) is 7.44. The zero-order valence-corrected chi connectivity index (χ0v) is 13.1. The van der Waals surface area contributed by atoms with Gasteiger partial charge in [-0.2, -0.15) is 0 Å². The van der Waals surface area contributed by atoms with E-state index in [0.29, 0.717) is 11.2 Å². The van der Waals surface area contributed by atoms with Crippen LogP contribution in [-0.2, 0) is 11.2 Å². The number of halogens is 2. The van der Waals surface area contributed by atoms with Gasteiger partial charge in [-0.1, -0.05) is 50.9 Å². The molecular formula is C13H17Br2NO. The van der Waals surface area contributed by atoms with Crippen LogP contribution in [0.4, 0.5) is 0 Å². The van der Waals surface area contributed by atoms with Crippen molar-refractivity contribution >= 4 is 37.8 Å². The number of alkyl halides is 1. The Kier molecular flexibility index (Phi) is 6.82. The SMILES string of the molecule is CC(Br)CCCNC(=O)Cc1ccc(Br)cc1. The Morgan fingerprint density at radius 3 is 2.59 bits per heavy atom. The van der Waals surface area contributed by atoms with Crippen LogP contribution in [-0.4, -0.2) is 17.3 Å². The minimum Gasteiger partial charge on any atom is -0.356 e. The largest absolute Gasteiger partial charge is 0.356 e. The second-order valence-electron chi connectivity index (χ2n) is 4.08. The first kappa shape index (κ1) is 14.7. The van der Waals surface area contributed by atoms with Crippen molar-refractivity contribution in [3.05, 3.63) is 34.3 Å². The van der Waals surface area contributed by atoms with Gasteiger partial charge in [-0.15, -0.1) is 0 Å². The summed E-state index contributed by atoms with van der Waals surface area (Å²) in [7, 11) is 0. The van der Waals surface area contributed by atoms with Gasteiger partial charge in [0, 0.05) is 15.8 Å². The highest BCUT2D eigenvalue weighted by atomic mass is 79.9. The molecule has 1 aromatic rings. The number of carbonyl (C=O) groups is 1. The average molecular weight is 363 g/mol. The van der Waals surface area contributed by atoms with Crippen molar-refractivity contribution < 1.29 is 4.79 Å². The van der Waals surface area contributed by atoms with Crippen LogP contribution in [0.2, 0.25) is 0 Å². The number of nitrogens with one attached hydrogen (secondary N) is 1. The summed E-state index contributed by atoms with van der Waals surface area (Å²) in [6.45, 7) is 2.87. The molecule has 0 fully saturated rings. The molecule has 0 aliphatic heterocycles.